The van der Waals surface area contributed by atoms with Gasteiger partial charge in [-0.2, -0.15) is 0 Å². The van der Waals surface area contributed by atoms with E-state index in [1.165, 1.54) is 89.9 Å². The molecule has 0 aromatic heterocycles. The van der Waals surface area contributed by atoms with Gasteiger partial charge in [0.15, 0.2) is 0 Å². The molecule has 140 valence electrons. The average Bonchev–Trinajstić information content (AvgIpc) is 2.53. The van der Waals surface area contributed by atoms with Crippen LogP contribution in [-0.4, -0.2) is 12.1 Å². The zero-order valence-corrected chi connectivity index (χ0v) is 17.1. The van der Waals surface area contributed by atoms with E-state index in [9.17, 15) is 0 Å². The maximum absolute atomic E-state index is 3.84. The van der Waals surface area contributed by atoms with Crippen LogP contribution < -0.4 is 5.32 Å². The summed E-state index contributed by atoms with van der Waals surface area (Å²) in [6, 6.07) is 1.35. The molecule has 0 rings (SSSR count). The second-order valence-corrected chi connectivity index (χ2v) is 7.95. The number of hydrogen-bond acceptors (Lipinski definition) is 1. The highest BCUT2D eigenvalue weighted by Crippen LogP contribution is 2.16. The van der Waals surface area contributed by atoms with Gasteiger partial charge in [-0.05, 0) is 32.6 Å². The molecule has 0 aliphatic carbocycles. The third kappa shape index (κ3) is 15.2. The molecule has 0 heterocycles. The summed E-state index contributed by atoms with van der Waals surface area (Å²) >= 11 is 0. The highest BCUT2D eigenvalue weighted by molar-refractivity contribution is 4.73. The van der Waals surface area contributed by atoms with Crippen molar-refractivity contribution < 1.29 is 0 Å². The van der Waals surface area contributed by atoms with Crippen LogP contribution in [0.15, 0.2) is 0 Å². The van der Waals surface area contributed by atoms with Crippen molar-refractivity contribution in [2.24, 2.45) is 5.92 Å². The molecule has 0 aromatic rings. The highest BCUT2D eigenvalue weighted by atomic mass is 14.9. The third-order valence-electron chi connectivity index (χ3n) is 5.40. The van der Waals surface area contributed by atoms with E-state index < -0.39 is 0 Å². The molecule has 1 heteroatoms. The lowest BCUT2D eigenvalue weighted by Gasteiger charge is -2.25. The lowest BCUT2D eigenvalue weighted by Crippen LogP contribution is -2.38. The average molecular weight is 326 g/mol. The van der Waals surface area contributed by atoms with Crippen LogP contribution in [0, 0.1) is 5.92 Å². The van der Waals surface area contributed by atoms with Crippen molar-refractivity contribution in [3.05, 3.63) is 0 Å². The van der Waals surface area contributed by atoms with Gasteiger partial charge in [-0.1, -0.05) is 97.8 Å². The van der Waals surface area contributed by atoms with E-state index in [0.717, 1.165) is 5.92 Å². The van der Waals surface area contributed by atoms with Crippen LogP contribution in [0.1, 0.15) is 125 Å². The standard InChI is InChI=1S/C22H47N/c1-6-8-10-12-14-16-18-20(3)22(5)23-21(4)19-17-15-13-11-9-7-2/h20-23H,6-19H2,1-5H3. The third-order valence-corrected chi connectivity index (χ3v) is 5.40. The fourth-order valence-electron chi connectivity index (χ4n) is 3.42. The first kappa shape index (κ1) is 23.0. The molecular weight excluding hydrogens is 278 g/mol. The molecule has 1 N–H and O–H groups in total. The minimum Gasteiger partial charge on any atom is -0.312 e. The Labute approximate surface area is 148 Å². The fourth-order valence-corrected chi connectivity index (χ4v) is 3.42. The topological polar surface area (TPSA) is 12.0 Å². The van der Waals surface area contributed by atoms with Crippen molar-refractivity contribution in [2.75, 3.05) is 0 Å². The Morgan fingerprint density at radius 1 is 0.565 bits per heavy atom. The molecule has 3 unspecified atom stereocenters. The molecule has 0 aromatic carbocycles. The summed E-state index contributed by atoms with van der Waals surface area (Å²) in [4.78, 5) is 0. The van der Waals surface area contributed by atoms with Gasteiger partial charge < -0.3 is 5.32 Å². The summed E-state index contributed by atoms with van der Waals surface area (Å²) in [6.45, 7) is 11.8. The smallest absolute Gasteiger partial charge is 0.00668 e. The molecule has 0 fully saturated rings. The van der Waals surface area contributed by atoms with Gasteiger partial charge in [-0.25, -0.2) is 0 Å². The molecule has 0 aliphatic rings. The van der Waals surface area contributed by atoms with Gasteiger partial charge in [0.05, 0.1) is 0 Å². The summed E-state index contributed by atoms with van der Waals surface area (Å²) in [6.07, 6.45) is 19.7. The van der Waals surface area contributed by atoms with Gasteiger partial charge >= 0.3 is 0 Å². The highest BCUT2D eigenvalue weighted by Gasteiger charge is 2.14. The first-order valence-corrected chi connectivity index (χ1v) is 10.9. The molecule has 0 bridgehead atoms. The van der Waals surface area contributed by atoms with Gasteiger partial charge in [0.1, 0.15) is 0 Å². The Morgan fingerprint density at radius 2 is 1.00 bits per heavy atom. The van der Waals surface area contributed by atoms with Crippen LogP contribution in [0.3, 0.4) is 0 Å². The number of unbranched alkanes of at least 4 members (excludes halogenated alkanes) is 10. The van der Waals surface area contributed by atoms with Crippen LogP contribution in [-0.2, 0) is 0 Å². The van der Waals surface area contributed by atoms with E-state index in [-0.39, 0.29) is 0 Å². The Hall–Kier alpha value is -0.0400. The van der Waals surface area contributed by atoms with Gasteiger partial charge in [-0.15, -0.1) is 0 Å². The first-order valence-electron chi connectivity index (χ1n) is 10.9. The second kappa shape index (κ2) is 16.8. The second-order valence-electron chi connectivity index (χ2n) is 7.95. The number of hydrogen-bond donors (Lipinski definition) is 1. The molecule has 23 heavy (non-hydrogen) atoms. The summed E-state index contributed by atoms with van der Waals surface area (Å²) in [7, 11) is 0. The van der Waals surface area contributed by atoms with Crippen LogP contribution in [0.4, 0.5) is 0 Å². The molecular formula is C22H47N. The SMILES string of the molecule is CCCCCCCCC(C)NC(C)C(C)CCCCCCCC. The lowest BCUT2D eigenvalue weighted by molar-refractivity contribution is 0.327. The quantitative estimate of drug-likeness (QED) is 0.273. The van der Waals surface area contributed by atoms with Gasteiger partial charge in [0, 0.05) is 12.1 Å². The molecule has 0 radical (unpaired) electrons. The van der Waals surface area contributed by atoms with Gasteiger partial charge in [-0.3, -0.25) is 0 Å². The summed E-state index contributed by atoms with van der Waals surface area (Å²) in [5.74, 6) is 0.813. The van der Waals surface area contributed by atoms with Crippen LogP contribution in [0.5, 0.6) is 0 Å². The van der Waals surface area contributed by atoms with E-state index in [0.29, 0.717) is 12.1 Å². The predicted octanol–water partition coefficient (Wildman–Crippen LogP) is 7.49. The van der Waals surface area contributed by atoms with E-state index in [1.807, 2.05) is 0 Å². The van der Waals surface area contributed by atoms with E-state index in [2.05, 4.69) is 39.9 Å². The van der Waals surface area contributed by atoms with Crippen LogP contribution in [0.2, 0.25) is 0 Å². The van der Waals surface area contributed by atoms with Crippen LogP contribution in [0.25, 0.3) is 0 Å². The van der Waals surface area contributed by atoms with Gasteiger partial charge in [0.25, 0.3) is 0 Å². The zero-order valence-electron chi connectivity index (χ0n) is 17.1. The van der Waals surface area contributed by atoms with E-state index in [1.54, 1.807) is 0 Å². The van der Waals surface area contributed by atoms with E-state index >= 15 is 0 Å². The van der Waals surface area contributed by atoms with Crippen molar-refractivity contribution >= 4 is 0 Å². The largest absolute Gasteiger partial charge is 0.312 e. The Kier molecular flexibility index (Phi) is 16.8. The monoisotopic (exact) mass is 325 g/mol. The molecule has 0 aliphatic heterocycles. The summed E-state index contributed by atoms with van der Waals surface area (Å²) in [5.41, 5.74) is 0. The summed E-state index contributed by atoms with van der Waals surface area (Å²) < 4.78 is 0. The predicted molar refractivity (Wildman–Crippen MR) is 107 cm³/mol. The normalized spacial score (nSPS) is 15.5. The summed E-state index contributed by atoms with van der Waals surface area (Å²) in [5, 5.41) is 3.84. The Balaban J connectivity index is 3.54. The van der Waals surface area contributed by atoms with Crippen LogP contribution >= 0.6 is 0 Å². The molecule has 0 saturated carbocycles. The molecule has 0 spiro atoms. The minimum absolute atomic E-state index is 0.667. The molecule has 3 atom stereocenters. The molecule has 1 nitrogen and oxygen atoms in total. The maximum Gasteiger partial charge on any atom is 0.00668 e. The van der Waals surface area contributed by atoms with Crippen molar-refractivity contribution in [3.63, 3.8) is 0 Å². The van der Waals surface area contributed by atoms with Crippen molar-refractivity contribution in [2.45, 2.75) is 137 Å². The fraction of sp³-hybridized carbons (Fsp3) is 1.00. The first-order chi connectivity index (χ1) is 11.1. The van der Waals surface area contributed by atoms with Crippen molar-refractivity contribution in [1.29, 1.82) is 0 Å². The number of rotatable bonds is 17. The van der Waals surface area contributed by atoms with Crippen molar-refractivity contribution in [1.82, 2.24) is 5.32 Å². The lowest BCUT2D eigenvalue weighted by atomic mass is 9.95. The van der Waals surface area contributed by atoms with Crippen molar-refractivity contribution in [3.8, 4) is 0 Å². The molecule has 0 saturated heterocycles. The number of nitrogens with one attached hydrogen (secondary N) is 1. The Morgan fingerprint density at radius 3 is 1.52 bits per heavy atom. The minimum atomic E-state index is 0.667. The maximum atomic E-state index is 3.84. The molecule has 0 amide bonds. The zero-order chi connectivity index (χ0) is 17.3. The van der Waals surface area contributed by atoms with E-state index in [4.69, 9.17) is 0 Å². The Bertz CT molecular complexity index is 226. The van der Waals surface area contributed by atoms with Gasteiger partial charge in [0.2, 0.25) is 0 Å².